The molecule has 0 unspecified atom stereocenters. The molecule has 1 fully saturated rings. The van der Waals surface area contributed by atoms with Crippen molar-refractivity contribution in [2.75, 3.05) is 16.4 Å². The Kier molecular flexibility index (Phi) is 9.03. The molecule has 0 spiro atoms. The van der Waals surface area contributed by atoms with Crippen molar-refractivity contribution in [3.05, 3.63) is 122 Å². The van der Waals surface area contributed by atoms with Crippen molar-refractivity contribution in [1.29, 1.82) is 0 Å². The summed E-state index contributed by atoms with van der Waals surface area (Å²) in [5, 5.41) is 0.0965. The molecular weight excluding hydrogens is 659 g/mol. The topological polar surface area (TPSA) is 59.1 Å². The summed E-state index contributed by atoms with van der Waals surface area (Å²) < 4.78 is 13.0. The second-order valence-electron chi connectivity index (χ2n) is 9.76. The molecule has 1 aliphatic heterocycles. The smallest absolute Gasteiger partial charge is 0.270 e. The van der Waals surface area contributed by atoms with Crippen LogP contribution in [0.3, 0.4) is 0 Å². The van der Waals surface area contributed by atoms with Gasteiger partial charge in [0.05, 0.1) is 21.6 Å². The molecule has 0 bridgehead atoms. The third kappa shape index (κ3) is 6.10. The lowest BCUT2D eigenvalue weighted by atomic mass is 10.0. The van der Waals surface area contributed by atoms with E-state index in [0.717, 1.165) is 9.13 Å². The van der Waals surface area contributed by atoms with Crippen molar-refractivity contribution < 1.29 is 19.1 Å². The summed E-state index contributed by atoms with van der Waals surface area (Å²) in [5.41, 5.74) is 5.25. The van der Waals surface area contributed by atoms with E-state index in [0.29, 0.717) is 41.7 Å². The lowest BCUT2D eigenvalue weighted by molar-refractivity contribution is -0.120. The molecule has 212 valence electrons. The summed E-state index contributed by atoms with van der Waals surface area (Å²) in [6.07, 6.45) is 1.59. The number of benzene rings is 4. The number of anilines is 2. The van der Waals surface area contributed by atoms with Gasteiger partial charge in [-0.1, -0.05) is 54.6 Å². The number of carbonyl (C=O) groups excluding carboxylic acids is 2. The Balaban J connectivity index is 1.54. The van der Waals surface area contributed by atoms with Crippen LogP contribution in [0, 0.1) is 17.4 Å². The summed E-state index contributed by atoms with van der Waals surface area (Å²) in [5.74, 6) is 0.154. The van der Waals surface area contributed by atoms with Gasteiger partial charge in [-0.25, -0.2) is 0 Å². The molecule has 0 saturated carbocycles. The van der Waals surface area contributed by atoms with Crippen LogP contribution in [0.15, 0.2) is 96.6 Å². The highest BCUT2D eigenvalue weighted by Gasteiger charge is 2.41. The highest BCUT2D eigenvalue weighted by atomic mass is 127. The van der Waals surface area contributed by atoms with E-state index in [2.05, 4.69) is 54.6 Å². The highest BCUT2D eigenvalue weighted by molar-refractivity contribution is 14.1. The minimum Gasteiger partial charge on any atom is -0.490 e. The highest BCUT2D eigenvalue weighted by Crippen LogP contribution is 2.37. The molecule has 2 amide bonds. The van der Waals surface area contributed by atoms with E-state index in [9.17, 15) is 9.59 Å². The van der Waals surface area contributed by atoms with Crippen molar-refractivity contribution >= 4 is 69.2 Å². The first-order valence-electron chi connectivity index (χ1n) is 13.5. The van der Waals surface area contributed by atoms with Crippen LogP contribution in [0.1, 0.15) is 29.2 Å². The van der Waals surface area contributed by atoms with E-state index in [-0.39, 0.29) is 10.7 Å². The molecular formula is C34H29IN2O4S. The number of hydrogen-bond acceptors (Lipinski definition) is 5. The lowest BCUT2D eigenvalue weighted by Crippen LogP contribution is -2.56. The molecule has 0 N–H and O–H groups in total. The maximum Gasteiger partial charge on any atom is 0.270 e. The zero-order valence-electron chi connectivity index (χ0n) is 23.5. The minimum absolute atomic E-state index is 0.0154. The molecule has 0 aliphatic carbocycles. The fourth-order valence-electron chi connectivity index (χ4n) is 4.63. The van der Waals surface area contributed by atoms with E-state index in [1.165, 1.54) is 20.9 Å². The van der Waals surface area contributed by atoms with Crippen LogP contribution >= 0.6 is 34.8 Å². The Morgan fingerprint density at radius 2 is 1.38 bits per heavy atom. The van der Waals surface area contributed by atoms with Gasteiger partial charge in [0.2, 0.25) is 0 Å². The molecule has 0 atom stereocenters. The number of aryl methyl sites for hydroxylation is 2. The molecule has 5 rings (SSSR count). The first-order chi connectivity index (χ1) is 20.3. The standard InChI is InChI=1S/C34H29IN2O4S/c1-4-40-30-20-25(19-29(35)31(30)41-21-24-16-15-22(2)23(3)17-24)18-28-32(38)36(26-11-7-5-8-12-26)34(42)37(33(28)39)27-13-9-6-10-14-27/h5-20H,4,21H2,1-3H3. The molecule has 1 heterocycles. The number of halogens is 1. The number of carbonyl (C=O) groups is 2. The normalized spacial score (nSPS) is 13.4. The third-order valence-corrected chi connectivity index (χ3v) is 8.04. The average Bonchev–Trinajstić information content (AvgIpc) is 2.98. The van der Waals surface area contributed by atoms with Crippen LogP contribution in [-0.4, -0.2) is 23.5 Å². The summed E-state index contributed by atoms with van der Waals surface area (Å²) in [4.78, 5) is 30.5. The second kappa shape index (κ2) is 12.9. The van der Waals surface area contributed by atoms with Gasteiger partial charge in [0.15, 0.2) is 16.6 Å². The van der Waals surface area contributed by atoms with Gasteiger partial charge in [0.1, 0.15) is 12.2 Å². The Bertz CT molecular complexity index is 1630. The van der Waals surface area contributed by atoms with Gasteiger partial charge in [-0.15, -0.1) is 0 Å². The summed E-state index contributed by atoms with van der Waals surface area (Å²) in [6.45, 7) is 6.86. The van der Waals surface area contributed by atoms with E-state index in [4.69, 9.17) is 21.7 Å². The van der Waals surface area contributed by atoms with Crippen LogP contribution in [-0.2, 0) is 16.2 Å². The lowest BCUT2D eigenvalue weighted by Gasteiger charge is -2.36. The van der Waals surface area contributed by atoms with Crippen LogP contribution in [0.5, 0.6) is 11.5 Å². The Morgan fingerprint density at radius 1 is 0.786 bits per heavy atom. The van der Waals surface area contributed by atoms with Crippen molar-refractivity contribution in [2.24, 2.45) is 0 Å². The average molecular weight is 689 g/mol. The van der Waals surface area contributed by atoms with E-state index in [1.54, 1.807) is 36.4 Å². The molecule has 4 aromatic rings. The van der Waals surface area contributed by atoms with Crippen LogP contribution in [0.25, 0.3) is 6.08 Å². The molecule has 4 aromatic carbocycles. The third-order valence-electron chi connectivity index (χ3n) is 6.88. The Hall–Kier alpha value is -4.02. The number of thiocarbonyl (C=S) groups is 1. The van der Waals surface area contributed by atoms with Crippen LogP contribution in [0.2, 0.25) is 0 Å². The fraction of sp³-hybridized carbons (Fsp3) is 0.147. The molecule has 42 heavy (non-hydrogen) atoms. The van der Waals surface area contributed by atoms with Gasteiger partial charge >= 0.3 is 0 Å². The first-order valence-corrected chi connectivity index (χ1v) is 15.0. The molecule has 6 nitrogen and oxygen atoms in total. The monoisotopic (exact) mass is 688 g/mol. The summed E-state index contributed by atoms with van der Waals surface area (Å²) in [6, 6.07) is 28.1. The minimum atomic E-state index is -0.494. The molecule has 8 heteroatoms. The van der Waals surface area contributed by atoms with Crippen molar-refractivity contribution in [1.82, 2.24) is 0 Å². The molecule has 1 saturated heterocycles. The number of para-hydroxylation sites is 2. The molecule has 0 radical (unpaired) electrons. The van der Waals surface area contributed by atoms with Gasteiger partial charge in [0, 0.05) is 0 Å². The molecule has 1 aliphatic rings. The number of rotatable bonds is 8. The SMILES string of the molecule is CCOc1cc(C=C2C(=O)N(c3ccccc3)C(=S)N(c3ccccc3)C2=O)cc(I)c1OCc1ccc(C)c(C)c1. The van der Waals surface area contributed by atoms with Crippen molar-refractivity contribution in [3.8, 4) is 11.5 Å². The van der Waals surface area contributed by atoms with Gasteiger partial charge < -0.3 is 9.47 Å². The number of ether oxygens (including phenoxy) is 2. The predicted octanol–water partition coefficient (Wildman–Crippen LogP) is 7.63. The largest absolute Gasteiger partial charge is 0.490 e. The molecule has 0 aromatic heterocycles. The maximum atomic E-state index is 13.9. The van der Waals surface area contributed by atoms with Gasteiger partial charge in [-0.3, -0.25) is 19.4 Å². The Morgan fingerprint density at radius 3 is 1.93 bits per heavy atom. The summed E-state index contributed by atoms with van der Waals surface area (Å²) in [7, 11) is 0. The zero-order valence-corrected chi connectivity index (χ0v) is 26.4. The van der Waals surface area contributed by atoms with E-state index in [1.807, 2.05) is 49.4 Å². The Labute approximate surface area is 264 Å². The second-order valence-corrected chi connectivity index (χ2v) is 11.3. The van der Waals surface area contributed by atoms with Gasteiger partial charge in [0.25, 0.3) is 11.8 Å². The van der Waals surface area contributed by atoms with E-state index < -0.39 is 11.8 Å². The number of nitrogens with zero attached hydrogens (tertiary/aromatic N) is 2. The number of amides is 2. The van der Waals surface area contributed by atoms with Crippen LogP contribution in [0.4, 0.5) is 11.4 Å². The van der Waals surface area contributed by atoms with Crippen LogP contribution < -0.4 is 19.3 Å². The maximum absolute atomic E-state index is 13.9. The summed E-state index contributed by atoms with van der Waals surface area (Å²) >= 11 is 7.90. The fourth-order valence-corrected chi connectivity index (χ4v) is 5.79. The predicted molar refractivity (Wildman–Crippen MR) is 179 cm³/mol. The zero-order chi connectivity index (χ0) is 29.8. The van der Waals surface area contributed by atoms with Gasteiger partial charge in [-0.2, -0.15) is 0 Å². The van der Waals surface area contributed by atoms with Gasteiger partial charge in [-0.05, 0) is 120 Å². The first kappa shape index (κ1) is 29.5. The van der Waals surface area contributed by atoms with Crippen molar-refractivity contribution in [2.45, 2.75) is 27.4 Å². The van der Waals surface area contributed by atoms with E-state index >= 15 is 0 Å². The number of hydrogen-bond donors (Lipinski definition) is 0. The quantitative estimate of drug-likeness (QED) is 0.0825. The van der Waals surface area contributed by atoms with Crippen molar-refractivity contribution in [3.63, 3.8) is 0 Å².